The van der Waals surface area contributed by atoms with Crippen molar-refractivity contribution in [3.05, 3.63) is 54.4 Å². The summed E-state index contributed by atoms with van der Waals surface area (Å²) in [6.45, 7) is 4.18. The van der Waals surface area contributed by atoms with E-state index in [4.69, 9.17) is 4.74 Å². The fourth-order valence-electron chi connectivity index (χ4n) is 2.03. The third-order valence-corrected chi connectivity index (χ3v) is 3.18. The molecule has 3 nitrogen and oxygen atoms in total. The Morgan fingerprint density at radius 1 is 1.26 bits per heavy atom. The monoisotopic (exact) mass is 257 g/mol. The second-order valence-corrected chi connectivity index (χ2v) is 4.48. The van der Waals surface area contributed by atoms with Crippen LogP contribution in [0, 0.1) is 5.92 Å². The summed E-state index contributed by atoms with van der Waals surface area (Å²) in [6, 6.07) is 9.13. The molecule has 0 saturated carbocycles. The molecule has 1 aromatic rings. The number of hydrogen-bond acceptors (Lipinski definition) is 2. The quantitative estimate of drug-likeness (QED) is 0.806. The second-order valence-electron chi connectivity index (χ2n) is 4.48. The van der Waals surface area contributed by atoms with Crippen LogP contribution >= 0.6 is 0 Å². The normalized spacial score (nSPS) is 18.1. The zero-order chi connectivity index (χ0) is 13.7. The highest BCUT2D eigenvalue weighted by molar-refractivity contribution is 5.74. The smallest absolute Gasteiger partial charge is 0.410 e. The first-order chi connectivity index (χ1) is 9.24. The standard InChI is InChI=1S/C16H19NO2/c1-3-13-10-11-17(14(4-2)12-13)16(18)19-15-8-6-5-7-9-15/h5-13H,3-4H2,1-2H3. The molecule has 0 spiro atoms. The first-order valence-corrected chi connectivity index (χ1v) is 6.69. The third-order valence-electron chi connectivity index (χ3n) is 3.18. The SMILES string of the molecule is CCC1=CC(CC)C=CN1C(=O)Oc1ccccc1. The fourth-order valence-corrected chi connectivity index (χ4v) is 2.03. The molecule has 1 aliphatic heterocycles. The van der Waals surface area contributed by atoms with Gasteiger partial charge in [-0.1, -0.05) is 44.2 Å². The van der Waals surface area contributed by atoms with Crippen LogP contribution in [0.2, 0.25) is 0 Å². The van der Waals surface area contributed by atoms with Gasteiger partial charge in [0.2, 0.25) is 0 Å². The molecule has 1 aliphatic rings. The molecule has 0 saturated heterocycles. The Morgan fingerprint density at radius 3 is 2.63 bits per heavy atom. The number of ether oxygens (including phenoxy) is 1. The lowest BCUT2D eigenvalue weighted by Crippen LogP contribution is -2.30. The van der Waals surface area contributed by atoms with Crippen molar-refractivity contribution in [2.45, 2.75) is 26.7 Å². The zero-order valence-electron chi connectivity index (χ0n) is 11.4. The molecule has 1 amide bonds. The summed E-state index contributed by atoms with van der Waals surface area (Å²) >= 11 is 0. The van der Waals surface area contributed by atoms with Crippen LogP contribution < -0.4 is 4.74 Å². The first-order valence-electron chi connectivity index (χ1n) is 6.69. The van der Waals surface area contributed by atoms with Gasteiger partial charge >= 0.3 is 6.09 Å². The van der Waals surface area contributed by atoms with E-state index in [0.29, 0.717) is 11.7 Å². The summed E-state index contributed by atoms with van der Waals surface area (Å²) in [5, 5.41) is 0. The lowest BCUT2D eigenvalue weighted by molar-refractivity contribution is 0.177. The van der Waals surface area contributed by atoms with E-state index in [1.165, 1.54) is 0 Å². The van der Waals surface area contributed by atoms with Gasteiger partial charge in [0.1, 0.15) is 5.75 Å². The maximum Gasteiger partial charge on any atom is 0.423 e. The van der Waals surface area contributed by atoms with Crippen molar-refractivity contribution < 1.29 is 9.53 Å². The van der Waals surface area contributed by atoms with E-state index in [-0.39, 0.29) is 6.09 Å². The van der Waals surface area contributed by atoms with Crippen molar-refractivity contribution in [3.8, 4) is 5.75 Å². The van der Waals surface area contributed by atoms with Crippen LogP contribution in [-0.2, 0) is 0 Å². The number of amides is 1. The van der Waals surface area contributed by atoms with Crippen LogP contribution in [0.1, 0.15) is 26.7 Å². The number of nitrogens with zero attached hydrogens (tertiary/aromatic N) is 1. The molecule has 3 heteroatoms. The molecule has 0 N–H and O–H groups in total. The van der Waals surface area contributed by atoms with E-state index in [1.54, 1.807) is 17.0 Å². The van der Waals surface area contributed by atoms with Crippen LogP contribution in [0.5, 0.6) is 5.75 Å². The summed E-state index contributed by atoms with van der Waals surface area (Å²) in [5.41, 5.74) is 0.996. The fraction of sp³-hybridized carbons (Fsp3) is 0.312. The molecular weight excluding hydrogens is 238 g/mol. The van der Waals surface area contributed by atoms with Gasteiger partial charge in [0.15, 0.2) is 0 Å². The first kappa shape index (κ1) is 13.4. The molecule has 19 heavy (non-hydrogen) atoms. The van der Waals surface area contributed by atoms with E-state index in [0.717, 1.165) is 18.5 Å². The third kappa shape index (κ3) is 3.25. The van der Waals surface area contributed by atoms with E-state index < -0.39 is 0 Å². The van der Waals surface area contributed by atoms with Gasteiger partial charge in [0.05, 0.1) is 0 Å². The molecule has 1 atom stereocenters. The Hall–Kier alpha value is -2.03. The highest BCUT2D eigenvalue weighted by Gasteiger charge is 2.20. The number of carbonyl (C=O) groups excluding carboxylic acids is 1. The molecule has 100 valence electrons. The minimum Gasteiger partial charge on any atom is -0.410 e. The largest absolute Gasteiger partial charge is 0.423 e. The number of carbonyl (C=O) groups is 1. The van der Waals surface area contributed by atoms with Gasteiger partial charge < -0.3 is 4.74 Å². The molecule has 0 aromatic heterocycles. The van der Waals surface area contributed by atoms with Gasteiger partial charge in [-0.15, -0.1) is 0 Å². The molecule has 1 unspecified atom stereocenters. The topological polar surface area (TPSA) is 29.5 Å². The van der Waals surface area contributed by atoms with Gasteiger partial charge in [-0.3, -0.25) is 4.90 Å². The Balaban J connectivity index is 2.09. The zero-order valence-corrected chi connectivity index (χ0v) is 11.4. The molecule has 0 aliphatic carbocycles. The number of allylic oxidation sites excluding steroid dienone is 3. The van der Waals surface area contributed by atoms with Gasteiger partial charge in [0.25, 0.3) is 0 Å². The van der Waals surface area contributed by atoms with E-state index in [2.05, 4.69) is 13.0 Å². The molecule has 0 radical (unpaired) electrons. The van der Waals surface area contributed by atoms with Crippen LogP contribution in [0.15, 0.2) is 54.4 Å². The van der Waals surface area contributed by atoms with Crippen LogP contribution in [-0.4, -0.2) is 11.0 Å². The second kappa shape index (κ2) is 6.23. The lowest BCUT2D eigenvalue weighted by Gasteiger charge is -2.25. The van der Waals surface area contributed by atoms with Crippen molar-refractivity contribution in [2.75, 3.05) is 0 Å². The average Bonchev–Trinajstić information content (AvgIpc) is 2.47. The molecule has 1 aromatic carbocycles. The lowest BCUT2D eigenvalue weighted by atomic mass is 10.0. The summed E-state index contributed by atoms with van der Waals surface area (Å²) in [5.74, 6) is 0.977. The Labute approximate surface area is 114 Å². The summed E-state index contributed by atoms with van der Waals surface area (Å²) < 4.78 is 5.35. The predicted molar refractivity (Wildman–Crippen MR) is 75.6 cm³/mol. The van der Waals surface area contributed by atoms with E-state index in [9.17, 15) is 4.79 Å². The van der Waals surface area contributed by atoms with Crippen molar-refractivity contribution in [1.29, 1.82) is 0 Å². The van der Waals surface area contributed by atoms with Crippen LogP contribution in [0.25, 0.3) is 0 Å². The number of hydrogen-bond donors (Lipinski definition) is 0. The van der Waals surface area contributed by atoms with Crippen molar-refractivity contribution in [2.24, 2.45) is 5.92 Å². The van der Waals surface area contributed by atoms with E-state index >= 15 is 0 Å². The molecule has 1 heterocycles. The van der Waals surface area contributed by atoms with Gasteiger partial charge in [-0.25, -0.2) is 4.79 Å². The van der Waals surface area contributed by atoms with Crippen molar-refractivity contribution >= 4 is 6.09 Å². The Kier molecular flexibility index (Phi) is 4.39. The summed E-state index contributed by atoms with van der Waals surface area (Å²) in [7, 11) is 0. The van der Waals surface area contributed by atoms with Gasteiger partial charge in [-0.2, -0.15) is 0 Å². The number of rotatable bonds is 3. The molecular formula is C16H19NO2. The molecule has 0 fully saturated rings. The van der Waals surface area contributed by atoms with Crippen LogP contribution in [0.3, 0.4) is 0 Å². The highest BCUT2D eigenvalue weighted by atomic mass is 16.6. The Morgan fingerprint density at radius 2 is 2.00 bits per heavy atom. The average molecular weight is 257 g/mol. The van der Waals surface area contributed by atoms with E-state index in [1.807, 2.05) is 37.4 Å². The number of para-hydroxylation sites is 1. The predicted octanol–water partition coefficient (Wildman–Crippen LogP) is 4.33. The summed E-state index contributed by atoms with van der Waals surface area (Å²) in [4.78, 5) is 13.7. The van der Waals surface area contributed by atoms with Crippen LogP contribution in [0.4, 0.5) is 4.79 Å². The van der Waals surface area contributed by atoms with Crippen molar-refractivity contribution in [3.63, 3.8) is 0 Å². The van der Waals surface area contributed by atoms with Gasteiger partial charge in [-0.05, 0) is 30.9 Å². The maximum atomic E-state index is 12.1. The maximum absolute atomic E-state index is 12.1. The van der Waals surface area contributed by atoms with Gasteiger partial charge in [0, 0.05) is 11.9 Å². The number of benzene rings is 1. The summed E-state index contributed by atoms with van der Waals surface area (Å²) in [6.07, 6.45) is 7.48. The minimum absolute atomic E-state index is 0.356. The molecule has 2 rings (SSSR count). The Bertz CT molecular complexity index is 491. The minimum atomic E-state index is -0.356. The van der Waals surface area contributed by atoms with Crippen molar-refractivity contribution in [1.82, 2.24) is 4.90 Å². The highest BCUT2D eigenvalue weighted by Crippen LogP contribution is 2.23. The molecule has 0 bridgehead atoms.